The van der Waals surface area contributed by atoms with Crippen LogP contribution in [0.25, 0.3) is 0 Å². The molecule has 5 atom stereocenters. The van der Waals surface area contributed by atoms with Crippen molar-refractivity contribution in [3.8, 4) is 0 Å². The fourth-order valence-electron chi connectivity index (χ4n) is 2.71. The fourth-order valence-corrected chi connectivity index (χ4v) is 3.90. The van der Waals surface area contributed by atoms with Crippen molar-refractivity contribution in [2.75, 3.05) is 13.2 Å². The Morgan fingerprint density at radius 2 is 2.18 bits per heavy atom. The summed E-state index contributed by atoms with van der Waals surface area (Å²) in [5.41, 5.74) is 0. The summed E-state index contributed by atoms with van der Waals surface area (Å²) in [5, 5.41) is 15.8. The molecule has 3 rings (SSSR count). The summed E-state index contributed by atoms with van der Waals surface area (Å²) in [6.07, 6.45) is -1.49. The number of amides is 2. The largest absolute Gasteiger partial charge is 0.389 e. The second kappa shape index (κ2) is 6.87. The standard InChI is InChI=1S/C15H20N2O4S/c1-2-16-15(19)17-11-10-8-20-14(21-10)13(12(11)18)22-9-6-4-3-5-7-9/h3-7,10-14,18H,2,8H2,1H3,(H2,16,17,19)/t10-,11-,12+,13-,14-/m1/s1. The van der Waals surface area contributed by atoms with Crippen molar-refractivity contribution in [1.29, 1.82) is 0 Å². The van der Waals surface area contributed by atoms with Gasteiger partial charge in [-0.1, -0.05) is 18.2 Å². The number of aliphatic hydroxyl groups excluding tert-OH is 1. The van der Waals surface area contributed by atoms with Crippen LogP contribution in [-0.4, -0.2) is 54.1 Å². The zero-order chi connectivity index (χ0) is 15.5. The zero-order valence-corrected chi connectivity index (χ0v) is 13.1. The van der Waals surface area contributed by atoms with E-state index in [9.17, 15) is 9.90 Å². The molecule has 0 unspecified atom stereocenters. The van der Waals surface area contributed by atoms with Gasteiger partial charge in [0.15, 0.2) is 6.29 Å². The van der Waals surface area contributed by atoms with Crippen LogP contribution < -0.4 is 10.6 Å². The lowest BCUT2D eigenvalue weighted by Gasteiger charge is -2.38. The first-order chi connectivity index (χ1) is 10.7. The average molecular weight is 324 g/mol. The van der Waals surface area contributed by atoms with Gasteiger partial charge in [0.25, 0.3) is 0 Å². The second-order valence-corrected chi connectivity index (χ2v) is 6.54. The third kappa shape index (κ3) is 3.22. The number of nitrogens with one attached hydrogen (secondary N) is 2. The topological polar surface area (TPSA) is 79.8 Å². The molecular weight excluding hydrogens is 304 g/mol. The maximum atomic E-state index is 11.8. The van der Waals surface area contributed by atoms with E-state index in [-0.39, 0.29) is 17.4 Å². The van der Waals surface area contributed by atoms with Crippen LogP contribution in [0.2, 0.25) is 0 Å². The molecule has 2 saturated heterocycles. The number of benzene rings is 1. The molecule has 2 amide bonds. The number of aliphatic hydroxyl groups is 1. The normalized spacial score (nSPS) is 33.5. The second-order valence-electron chi connectivity index (χ2n) is 5.29. The van der Waals surface area contributed by atoms with Gasteiger partial charge in [-0.2, -0.15) is 0 Å². The molecule has 120 valence electrons. The number of fused-ring (bicyclic) bond motifs is 2. The molecule has 3 N–H and O–H groups in total. The van der Waals surface area contributed by atoms with Crippen LogP contribution in [0, 0.1) is 0 Å². The van der Waals surface area contributed by atoms with Crippen LogP contribution in [0.4, 0.5) is 4.79 Å². The molecule has 0 saturated carbocycles. The van der Waals surface area contributed by atoms with Gasteiger partial charge in [-0.25, -0.2) is 4.79 Å². The molecule has 2 fully saturated rings. The van der Waals surface area contributed by atoms with E-state index in [0.717, 1.165) is 4.90 Å². The number of thioether (sulfide) groups is 1. The van der Waals surface area contributed by atoms with Crippen LogP contribution >= 0.6 is 11.8 Å². The summed E-state index contributed by atoms with van der Waals surface area (Å²) in [7, 11) is 0. The van der Waals surface area contributed by atoms with Gasteiger partial charge in [0.05, 0.1) is 24.0 Å². The molecule has 6 nitrogen and oxygen atoms in total. The van der Waals surface area contributed by atoms with Gasteiger partial charge in [0.1, 0.15) is 6.10 Å². The molecule has 22 heavy (non-hydrogen) atoms. The summed E-state index contributed by atoms with van der Waals surface area (Å²) < 4.78 is 11.4. The van der Waals surface area contributed by atoms with Crippen molar-refractivity contribution in [2.45, 2.75) is 41.6 Å². The highest BCUT2D eigenvalue weighted by atomic mass is 32.2. The first-order valence-corrected chi connectivity index (χ1v) is 8.28. The predicted molar refractivity (Wildman–Crippen MR) is 82.7 cm³/mol. The summed E-state index contributed by atoms with van der Waals surface area (Å²) in [4.78, 5) is 12.8. The average Bonchev–Trinajstić information content (AvgIpc) is 2.96. The van der Waals surface area contributed by atoms with Crippen molar-refractivity contribution in [3.63, 3.8) is 0 Å². The van der Waals surface area contributed by atoms with Crippen molar-refractivity contribution in [2.24, 2.45) is 0 Å². The van der Waals surface area contributed by atoms with Gasteiger partial charge in [0.2, 0.25) is 0 Å². The SMILES string of the molecule is CCNC(=O)N[C@H]1[C@H](O)[C@@H](Sc2ccccc2)[C@@H]2OC[C@H]1O2. The molecule has 0 aliphatic carbocycles. The van der Waals surface area contributed by atoms with E-state index in [1.54, 1.807) is 0 Å². The Labute approximate surface area is 133 Å². The number of hydrogen-bond donors (Lipinski definition) is 3. The number of rotatable bonds is 4. The predicted octanol–water partition coefficient (Wildman–Crippen LogP) is 0.951. The lowest BCUT2D eigenvalue weighted by atomic mass is 10.0. The number of carbonyl (C=O) groups excluding carboxylic acids is 1. The molecule has 0 radical (unpaired) electrons. The Morgan fingerprint density at radius 3 is 2.91 bits per heavy atom. The quantitative estimate of drug-likeness (QED) is 0.768. The Morgan fingerprint density at radius 1 is 1.41 bits per heavy atom. The van der Waals surface area contributed by atoms with Gasteiger partial charge in [-0.05, 0) is 19.1 Å². The van der Waals surface area contributed by atoms with Gasteiger partial charge in [-0.15, -0.1) is 11.8 Å². The highest BCUT2D eigenvalue weighted by molar-refractivity contribution is 8.00. The van der Waals surface area contributed by atoms with Crippen molar-refractivity contribution in [3.05, 3.63) is 30.3 Å². The molecule has 1 aromatic carbocycles. The van der Waals surface area contributed by atoms with E-state index < -0.39 is 18.4 Å². The van der Waals surface area contributed by atoms with Crippen LogP contribution in [0.3, 0.4) is 0 Å². The van der Waals surface area contributed by atoms with Gasteiger partial charge < -0.3 is 25.2 Å². The first kappa shape index (κ1) is 15.6. The van der Waals surface area contributed by atoms with E-state index in [2.05, 4.69) is 10.6 Å². The maximum absolute atomic E-state index is 11.8. The van der Waals surface area contributed by atoms with E-state index in [0.29, 0.717) is 13.2 Å². The van der Waals surface area contributed by atoms with Crippen LogP contribution in [0.5, 0.6) is 0 Å². The third-order valence-electron chi connectivity index (χ3n) is 3.76. The van der Waals surface area contributed by atoms with E-state index in [1.165, 1.54) is 11.8 Å². The number of urea groups is 1. The summed E-state index contributed by atoms with van der Waals surface area (Å²) in [6, 6.07) is 9.01. The van der Waals surface area contributed by atoms with E-state index in [4.69, 9.17) is 9.47 Å². The summed E-state index contributed by atoms with van der Waals surface area (Å²) in [5.74, 6) is 0. The van der Waals surface area contributed by atoms with Gasteiger partial charge in [-0.3, -0.25) is 0 Å². The minimum atomic E-state index is -0.737. The number of carbonyl (C=O) groups is 1. The Bertz CT molecular complexity index is 516. The van der Waals surface area contributed by atoms with Crippen molar-refractivity contribution >= 4 is 17.8 Å². The highest BCUT2D eigenvalue weighted by Gasteiger charge is 2.51. The minimum absolute atomic E-state index is 0.284. The summed E-state index contributed by atoms with van der Waals surface area (Å²) in [6.45, 7) is 2.75. The Kier molecular flexibility index (Phi) is 4.87. The molecule has 2 bridgehead atoms. The van der Waals surface area contributed by atoms with E-state index in [1.807, 2.05) is 37.3 Å². The fraction of sp³-hybridized carbons (Fsp3) is 0.533. The summed E-state index contributed by atoms with van der Waals surface area (Å²) >= 11 is 1.50. The molecule has 0 spiro atoms. The lowest BCUT2D eigenvalue weighted by Crippen LogP contribution is -2.61. The minimum Gasteiger partial charge on any atom is -0.389 e. The van der Waals surface area contributed by atoms with Crippen LogP contribution in [-0.2, 0) is 9.47 Å². The zero-order valence-electron chi connectivity index (χ0n) is 12.3. The van der Waals surface area contributed by atoms with E-state index >= 15 is 0 Å². The first-order valence-electron chi connectivity index (χ1n) is 7.40. The molecule has 2 heterocycles. The smallest absolute Gasteiger partial charge is 0.315 e. The van der Waals surface area contributed by atoms with Gasteiger partial charge >= 0.3 is 6.03 Å². The van der Waals surface area contributed by atoms with Gasteiger partial charge in [0, 0.05) is 11.4 Å². The Balaban J connectivity index is 1.72. The molecule has 0 aromatic heterocycles. The van der Waals surface area contributed by atoms with Crippen molar-refractivity contribution in [1.82, 2.24) is 10.6 Å². The number of ether oxygens (including phenoxy) is 2. The molecule has 2 aliphatic heterocycles. The maximum Gasteiger partial charge on any atom is 0.315 e. The highest BCUT2D eigenvalue weighted by Crippen LogP contribution is 2.38. The Hall–Kier alpha value is -1.28. The molecule has 7 heteroatoms. The monoisotopic (exact) mass is 324 g/mol. The lowest BCUT2D eigenvalue weighted by molar-refractivity contribution is -0.121. The molecular formula is C15H20N2O4S. The molecule has 1 aromatic rings. The van der Waals surface area contributed by atoms with Crippen molar-refractivity contribution < 1.29 is 19.4 Å². The number of hydrogen-bond acceptors (Lipinski definition) is 5. The third-order valence-corrected chi connectivity index (χ3v) is 5.08. The molecule has 2 aliphatic rings. The van der Waals surface area contributed by atoms with Crippen LogP contribution in [0.1, 0.15) is 6.92 Å². The van der Waals surface area contributed by atoms with Crippen LogP contribution in [0.15, 0.2) is 35.2 Å².